The van der Waals surface area contributed by atoms with Gasteiger partial charge in [-0.05, 0) is 54.1 Å². The van der Waals surface area contributed by atoms with Crippen LogP contribution in [0.4, 0.5) is 13.2 Å². The maximum atomic E-state index is 14.3. The number of rotatable bonds is 6. The average Bonchev–Trinajstić information content (AvgIpc) is 3.07. The SMILES string of the molecule is C=CN(C)C(=NC)S(=O)(=O)NCCc1c(-c2ccc(F)cc2)[nH]c2c(F)cc(F)cc12. The molecule has 1 aromatic heterocycles. The minimum Gasteiger partial charge on any atom is -0.352 e. The molecule has 3 rings (SSSR count). The monoisotopic (exact) mass is 450 g/mol. The number of halogens is 3. The Labute approximate surface area is 178 Å². The molecule has 2 aromatic carbocycles. The van der Waals surface area contributed by atoms with Crippen molar-refractivity contribution in [2.45, 2.75) is 6.42 Å². The third kappa shape index (κ3) is 4.64. The lowest BCUT2D eigenvalue weighted by molar-refractivity contribution is 0.583. The van der Waals surface area contributed by atoms with Crippen molar-refractivity contribution >= 4 is 26.1 Å². The summed E-state index contributed by atoms with van der Waals surface area (Å²) in [6.45, 7) is 3.45. The summed E-state index contributed by atoms with van der Waals surface area (Å²) in [4.78, 5) is 7.94. The van der Waals surface area contributed by atoms with Gasteiger partial charge < -0.3 is 9.88 Å². The van der Waals surface area contributed by atoms with Crippen LogP contribution in [-0.2, 0) is 16.4 Å². The summed E-state index contributed by atoms with van der Waals surface area (Å²) in [5, 5.41) is 0.0564. The third-order valence-corrected chi connectivity index (χ3v) is 6.27. The Hall–Kier alpha value is -3.11. The van der Waals surface area contributed by atoms with Crippen molar-refractivity contribution in [2.24, 2.45) is 4.99 Å². The molecule has 6 nitrogen and oxygen atoms in total. The summed E-state index contributed by atoms with van der Waals surface area (Å²) in [6, 6.07) is 7.44. The molecule has 3 aromatic rings. The highest BCUT2D eigenvalue weighted by Crippen LogP contribution is 2.32. The molecule has 1 heterocycles. The van der Waals surface area contributed by atoms with E-state index in [1.165, 1.54) is 55.5 Å². The van der Waals surface area contributed by atoms with Gasteiger partial charge >= 0.3 is 0 Å². The molecule has 0 aliphatic carbocycles. The van der Waals surface area contributed by atoms with Crippen molar-refractivity contribution in [3.8, 4) is 11.3 Å². The summed E-state index contributed by atoms with van der Waals surface area (Å²) < 4.78 is 69.1. The minimum absolute atomic E-state index is 0.0639. The second kappa shape index (κ2) is 8.94. The highest BCUT2D eigenvalue weighted by atomic mass is 32.2. The van der Waals surface area contributed by atoms with Crippen LogP contribution in [0.5, 0.6) is 0 Å². The summed E-state index contributed by atoms with van der Waals surface area (Å²) in [5.74, 6) is -1.98. The fraction of sp³-hybridized carbons (Fsp3) is 0.190. The number of H-pyrrole nitrogens is 1. The maximum absolute atomic E-state index is 14.3. The molecule has 0 spiro atoms. The van der Waals surface area contributed by atoms with Crippen LogP contribution >= 0.6 is 0 Å². The average molecular weight is 450 g/mol. The quantitative estimate of drug-likeness (QED) is 0.443. The third-order valence-electron chi connectivity index (χ3n) is 4.74. The molecule has 0 amide bonds. The fourth-order valence-corrected chi connectivity index (χ4v) is 4.51. The van der Waals surface area contributed by atoms with Crippen LogP contribution in [0.1, 0.15) is 5.56 Å². The number of benzene rings is 2. The van der Waals surface area contributed by atoms with Gasteiger partial charge in [0.2, 0.25) is 5.17 Å². The molecule has 0 aliphatic rings. The van der Waals surface area contributed by atoms with E-state index in [1.54, 1.807) is 0 Å². The maximum Gasteiger partial charge on any atom is 0.274 e. The number of aromatic amines is 1. The molecule has 0 saturated carbocycles. The van der Waals surface area contributed by atoms with Gasteiger partial charge in [-0.1, -0.05) is 6.58 Å². The predicted octanol–water partition coefficient (Wildman–Crippen LogP) is 3.78. The van der Waals surface area contributed by atoms with Gasteiger partial charge in [0.1, 0.15) is 17.5 Å². The number of aliphatic imine (C=N–C) groups is 1. The molecule has 0 atom stereocenters. The van der Waals surface area contributed by atoms with Gasteiger partial charge in [0.15, 0.2) is 0 Å². The van der Waals surface area contributed by atoms with E-state index in [0.717, 1.165) is 6.07 Å². The predicted molar refractivity (Wildman–Crippen MR) is 116 cm³/mol. The van der Waals surface area contributed by atoms with Crippen LogP contribution in [0.2, 0.25) is 0 Å². The van der Waals surface area contributed by atoms with Crippen molar-refractivity contribution in [1.29, 1.82) is 0 Å². The second-order valence-electron chi connectivity index (χ2n) is 6.74. The van der Waals surface area contributed by atoms with Gasteiger partial charge in [-0.3, -0.25) is 4.99 Å². The van der Waals surface area contributed by atoms with E-state index in [1.807, 2.05) is 0 Å². The highest BCUT2D eigenvalue weighted by molar-refractivity contribution is 8.04. The van der Waals surface area contributed by atoms with Gasteiger partial charge in [0.25, 0.3) is 10.0 Å². The first-order valence-electron chi connectivity index (χ1n) is 9.25. The van der Waals surface area contributed by atoms with E-state index in [0.29, 0.717) is 16.8 Å². The summed E-state index contributed by atoms with van der Waals surface area (Å²) >= 11 is 0. The number of fused-ring (bicyclic) bond motifs is 1. The summed E-state index contributed by atoms with van der Waals surface area (Å²) in [6.07, 6.45) is 1.42. The van der Waals surface area contributed by atoms with E-state index in [4.69, 9.17) is 0 Å². The van der Waals surface area contributed by atoms with Gasteiger partial charge in [-0.25, -0.2) is 26.3 Å². The van der Waals surface area contributed by atoms with Crippen LogP contribution < -0.4 is 4.72 Å². The van der Waals surface area contributed by atoms with Crippen LogP contribution in [0.3, 0.4) is 0 Å². The lowest BCUT2D eigenvalue weighted by atomic mass is 10.0. The smallest absolute Gasteiger partial charge is 0.274 e. The Morgan fingerprint density at radius 1 is 1.19 bits per heavy atom. The number of nitrogens with one attached hydrogen (secondary N) is 2. The zero-order valence-electron chi connectivity index (χ0n) is 16.9. The lowest BCUT2D eigenvalue weighted by Crippen LogP contribution is -2.39. The first-order valence-corrected chi connectivity index (χ1v) is 10.7. The molecule has 31 heavy (non-hydrogen) atoms. The Morgan fingerprint density at radius 3 is 2.48 bits per heavy atom. The van der Waals surface area contributed by atoms with Crippen LogP contribution in [0, 0.1) is 17.5 Å². The largest absolute Gasteiger partial charge is 0.352 e. The number of aromatic nitrogens is 1. The zero-order chi connectivity index (χ0) is 22.8. The summed E-state index contributed by atoms with van der Waals surface area (Å²) in [7, 11) is -1.11. The number of amidine groups is 1. The number of nitrogens with zero attached hydrogens (tertiary/aromatic N) is 2. The number of hydrogen-bond donors (Lipinski definition) is 2. The van der Waals surface area contributed by atoms with Crippen LogP contribution in [0.25, 0.3) is 22.2 Å². The molecule has 0 unspecified atom stereocenters. The fourth-order valence-electron chi connectivity index (χ4n) is 3.32. The van der Waals surface area contributed by atoms with Crippen molar-refractivity contribution in [3.63, 3.8) is 0 Å². The zero-order valence-corrected chi connectivity index (χ0v) is 17.7. The molecule has 0 saturated heterocycles. The minimum atomic E-state index is -3.94. The topological polar surface area (TPSA) is 77.6 Å². The van der Waals surface area contributed by atoms with Gasteiger partial charge in [0.05, 0.1) is 5.52 Å². The molecular weight excluding hydrogens is 429 g/mol. The second-order valence-corrected chi connectivity index (χ2v) is 8.40. The number of sulfonamides is 1. The van der Waals surface area contributed by atoms with Crippen LogP contribution in [0.15, 0.2) is 54.2 Å². The molecular formula is C21H21F3N4O2S. The Morgan fingerprint density at radius 2 is 1.87 bits per heavy atom. The van der Waals surface area contributed by atoms with E-state index >= 15 is 0 Å². The Kier molecular flexibility index (Phi) is 6.51. The van der Waals surface area contributed by atoms with Gasteiger partial charge in [-0.15, -0.1) is 0 Å². The van der Waals surface area contributed by atoms with E-state index in [9.17, 15) is 21.6 Å². The molecule has 10 heteroatoms. The first kappa shape index (κ1) is 22.6. The van der Waals surface area contributed by atoms with E-state index < -0.39 is 27.5 Å². The molecule has 0 fully saturated rings. The number of hydrogen-bond acceptors (Lipinski definition) is 3. The van der Waals surface area contributed by atoms with E-state index in [2.05, 4.69) is 21.3 Å². The molecule has 164 valence electrons. The van der Waals surface area contributed by atoms with Gasteiger partial charge in [-0.2, -0.15) is 0 Å². The summed E-state index contributed by atoms with van der Waals surface area (Å²) in [5.41, 5.74) is 1.58. The lowest BCUT2D eigenvalue weighted by Gasteiger charge is -2.16. The van der Waals surface area contributed by atoms with Crippen LogP contribution in [-0.4, -0.2) is 44.1 Å². The molecule has 2 N–H and O–H groups in total. The normalized spacial score (nSPS) is 12.4. The molecule has 0 radical (unpaired) electrons. The van der Waals surface area contributed by atoms with Crippen molar-refractivity contribution < 1.29 is 21.6 Å². The van der Waals surface area contributed by atoms with Crippen molar-refractivity contribution in [1.82, 2.24) is 14.6 Å². The molecule has 0 bridgehead atoms. The highest BCUT2D eigenvalue weighted by Gasteiger charge is 2.23. The first-order chi connectivity index (χ1) is 14.7. The Balaban J connectivity index is 1.98. The van der Waals surface area contributed by atoms with Gasteiger partial charge in [0, 0.05) is 37.8 Å². The van der Waals surface area contributed by atoms with Crippen molar-refractivity contribution in [2.75, 3.05) is 20.6 Å². The Bertz CT molecular complexity index is 1250. The van der Waals surface area contributed by atoms with E-state index in [-0.39, 0.29) is 29.0 Å². The van der Waals surface area contributed by atoms with Crippen molar-refractivity contribution in [3.05, 3.63) is 72.2 Å². The molecule has 0 aliphatic heterocycles. The standard InChI is InChI=1S/C21H21F3N4O2S/c1-4-28(3)21(25-2)31(29,30)26-10-9-16-17-11-15(23)12-18(24)20(17)27-19(16)13-5-7-14(22)8-6-13/h4-8,11-12,26-27H,1,9-10H2,2-3H3.